The number of anilines is 2. The third-order valence-corrected chi connectivity index (χ3v) is 4.90. The Hall–Kier alpha value is -3.19. The Labute approximate surface area is 166 Å². The maximum atomic E-state index is 12.5. The summed E-state index contributed by atoms with van der Waals surface area (Å²) in [6.07, 6.45) is 4.50. The van der Waals surface area contributed by atoms with Crippen molar-refractivity contribution in [2.24, 2.45) is 0 Å². The molecule has 0 spiro atoms. The lowest BCUT2D eigenvalue weighted by Gasteiger charge is -2.18. The number of hydrogen-bond acceptors (Lipinski definition) is 4. The van der Waals surface area contributed by atoms with Crippen LogP contribution in [0.25, 0.3) is 0 Å². The van der Waals surface area contributed by atoms with Crippen LogP contribution in [0.2, 0.25) is 5.02 Å². The van der Waals surface area contributed by atoms with Crippen molar-refractivity contribution in [3.05, 3.63) is 71.3 Å². The van der Waals surface area contributed by atoms with Gasteiger partial charge in [0.25, 0.3) is 5.91 Å². The van der Waals surface area contributed by atoms with Crippen LogP contribution in [0.1, 0.15) is 28.8 Å². The van der Waals surface area contributed by atoms with Gasteiger partial charge in [0.15, 0.2) is 0 Å². The summed E-state index contributed by atoms with van der Waals surface area (Å²) in [5.74, 6) is -0.155. The second kappa shape index (κ2) is 7.82. The van der Waals surface area contributed by atoms with Gasteiger partial charge in [0.2, 0.25) is 5.91 Å². The van der Waals surface area contributed by atoms with Crippen molar-refractivity contribution in [3.8, 4) is 0 Å². The van der Waals surface area contributed by atoms with E-state index in [-0.39, 0.29) is 11.8 Å². The molecular formula is C20H18ClN5O2. The fourth-order valence-electron chi connectivity index (χ4n) is 3.17. The molecule has 0 atom stereocenters. The van der Waals surface area contributed by atoms with Crippen molar-refractivity contribution in [2.75, 3.05) is 16.8 Å². The fraction of sp³-hybridized carbons (Fsp3) is 0.200. The topological polar surface area (TPSA) is 80.1 Å². The van der Waals surface area contributed by atoms with Gasteiger partial charge in [-0.3, -0.25) is 9.59 Å². The van der Waals surface area contributed by atoms with Crippen LogP contribution >= 0.6 is 11.6 Å². The Morgan fingerprint density at radius 2 is 2.00 bits per heavy atom. The standard InChI is InChI=1S/C20H18ClN5O2/c21-17-10-16(7-8-18(17)26-9-1-2-19(26)27)24-20(28)15-5-3-14(4-6-15)11-25-13-22-12-23-25/h3-8,10,12-13H,1-2,9,11H2,(H,24,28). The molecule has 1 N–H and O–H groups in total. The van der Waals surface area contributed by atoms with Crippen molar-refractivity contribution in [2.45, 2.75) is 19.4 Å². The molecule has 2 amide bonds. The van der Waals surface area contributed by atoms with E-state index in [1.165, 1.54) is 6.33 Å². The summed E-state index contributed by atoms with van der Waals surface area (Å²) in [6, 6.07) is 12.5. The average molecular weight is 396 g/mol. The zero-order valence-corrected chi connectivity index (χ0v) is 15.8. The van der Waals surface area contributed by atoms with E-state index in [1.54, 1.807) is 46.2 Å². The second-order valence-corrected chi connectivity index (χ2v) is 6.97. The minimum Gasteiger partial charge on any atom is -0.322 e. The van der Waals surface area contributed by atoms with Gasteiger partial charge in [0.1, 0.15) is 12.7 Å². The molecule has 142 valence electrons. The molecule has 8 heteroatoms. The summed E-state index contributed by atoms with van der Waals surface area (Å²) in [5.41, 5.74) is 2.82. The smallest absolute Gasteiger partial charge is 0.255 e. The Morgan fingerprint density at radius 1 is 1.18 bits per heavy atom. The number of benzene rings is 2. The van der Waals surface area contributed by atoms with E-state index >= 15 is 0 Å². The first-order valence-electron chi connectivity index (χ1n) is 8.93. The molecule has 4 rings (SSSR count). The van der Waals surface area contributed by atoms with Gasteiger partial charge in [-0.25, -0.2) is 9.67 Å². The lowest BCUT2D eigenvalue weighted by molar-refractivity contribution is -0.117. The van der Waals surface area contributed by atoms with E-state index in [0.29, 0.717) is 41.5 Å². The van der Waals surface area contributed by atoms with Crippen LogP contribution in [0, 0.1) is 0 Å². The lowest BCUT2D eigenvalue weighted by atomic mass is 10.1. The molecule has 1 saturated heterocycles. The molecule has 3 aromatic rings. The monoisotopic (exact) mass is 395 g/mol. The second-order valence-electron chi connectivity index (χ2n) is 6.56. The van der Waals surface area contributed by atoms with Crippen molar-refractivity contribution in [1.29, 1.82) is 0 Å². The molecule has 1 aromatic heterocycles. The van der Waals surface area contributed by atoms with Crippen LogP contribution in [-0.2, 0) is 11.3 Å². The van der Waals surface area contributed by atoms with E-state index in [9.17, 15) is 9.59 Å². The van der Waals surface area contributed by atoms with Crippen molar-refractivity contribution in [3.63, 3.8) is 0 Å². The predicted octanol–water partition coefficient (Wildman–Crippen LogP) is 3.36. The minimum atomic E-state index is -0.228. The molecule has 0 radical (unpaired) electrons. The maximum absolute atomic E-state index is 12.5. The summed E-state index contributed by atoms with van der Waals surface area (Å²) in [5, 5.41) is 7.34. The van der Waals surface area contributed by atoms with Crippen molar-refractivity contribution < 1.29 is 9.59 Å². The SMILES string of the molecule is O=C(Nc1ccc(N2CCCC2=O)c(Cl)c1)c1ccc(Cn2cncn2)cc1. The van der Waals surface area contributed by atoms with Crippen LogP contribution in [-0.4, -0.2) is 33.1 Å². The van der Waals surface area contributed by atoms with E-state index in [1.807, 2.05) is 12.1 Å². The highest BCUT2D eigenvalue weighted by atomic mass is 35.5. The van der Waals surface area contributed by atoms with Crippen molar-refractivity contribution in [1.82, 2.24) is 14.8 Å². The predicted molar refractivity (Wildman–Crippen MR) is 107 cm³/mol. The van der Waals surface area contributed by atoms with Gasteiger partial charge in [-0.2, -0.15) is 5.10 Å². The molecule has 1 fully saturated rings. The Balaban J connectivity index is 1.43. The first-order chi connectivity index (χ1) is 13.6. The Kier molecular flexibility index (Phi) is 5.08. The summed E-state index contributed by atoms with van der Waals surface area (Å²) in [4.78, 5) is 30.0. The van der Waals surface area contributed by atoms with Gasteiger partial charge >= 0.3 is 0 Å². The third-order valence-electron chi connectivity index (χ3n) is 4.60. The molecule has 1 aliphatic rings. The van der Waals surface area contributed by atoms with Crippen LogP contribution in [0.15, 0.2) is 55.1 Å². The van der Waals surface area contributed by atoms with E-state index in [0.717, 1.165) is 12.0 Å². The zero-order chi connectivity index (χ0) is 19.5. The number of carbonyl (C=O) groups is 2. The molecule has 2 aromatic carbocycles. The summed E-state index contributed by atoms with van der Waals surface area (Å²) < 4.78 is 1.71. The van der Waals surface area contributed by atoms with Crippen molar-refractivity contribution >= 4 is 34.8 Å². The number of carbonyl (C=O) groups excluding carboxylic acids is 2. The maximum Gasteiger partial charge on any atom is 0.255 e. The number of aromatic nitrogens is 3. The highest BCUT2D eigenvalue weighted by molar-refractivity contribution is 6.34. The Bertz CT molecular complexity index is 1000. The molecule has 1 aliphatic heterocycles. The van der Waals surface area contributed by atoms with Gasteiger partial charge in [-0.05, 0) is 42.3 Å². The summed E-state index contributed by atoms with van der Waals surface area (Å²) >= 11 is 6.33. The highest BCUT2D eigenvalue weighted by Gasteiger charge is 2.23. The van der Waals surface area contributed by atoms with Gasteiger partial charge in [-0.15, -0.1) is 0 Å². The summed E-state index contributed by atoms with van der Waals surface area (Å²) in [6.45, 7) is 1.26. The number of nitrogens with zero attached hydrogens (tertiary/aromatic N) is 4. The van der Waals surface area contributed by atoms with Crippen LogP contribution in [0.4, 0.5) is 11.4 Å². The quantitative estimate of drug-likeness (QED) is 0.718. The molecule has 7 nitrogen and oxygen atoms in total. The molecular weight excluding hydrogens is 378 g/mol. The van der Waals surface area contributed by atoms with E-state index in [4.69, 9.17) is 11.6 Å². The molecule has 28 heavy (non-hydrogen) atoms. The lowest BCUT2D eigenvalue weighted by Crippen LogP contribution is -2.24. The molecule has 0 saturated carbocycles. The fourth-order valence-corrected chi connectivity index (χ4v) is 3.46. The largest absolute Gasteiger partial charge is 0.322 e. The third kappa shape index (κ3) is 3.89. The van der Waals surface area contributed by atoms with Crippen LogP contribution in [0.3, 0.4) is 0 Å². The minimum absolute atomic E-state index is 0.0738. The van der Waals surface area contributed by atoms with Gasteiger partial charge in [0.05, 0.1) is 17.3 Å². The van der Waals surface area contributed by atoms with E-state index in [2.05, 4.69) is 15.4 Å². The molecule has 0 bridgehead atoms. The number of nitrogens with one attached hydrogen (secondary N) is 1. The Morgan fingerprint density at radius 3 is 2.64 bits per heavy atom. The number of hydrogen-bond donors (Lipinski definition) is 1. The molecule has 2 heterocycles. The zero-order valence-electron chi connectivity index (χ0n) is 15.0. The molecule has 0 aliphatic carbocycles. The van der Waals surface area contributed by atoms with Gasteiger partial charge in [0, 0.05) is 24.2 Å². The normalized spacial score (nSPS) is 13.8. The number of amides is 2. The number of rotatable bonds is 5. The first kappa shape index (κ1) is 18.2. The first-order valence-corrected chi connectivity index (χ1v) is 9.30. The number of halogens is 1. The molecule has 0 unspecified atom stereocenters. The van der Waals surface area contributed by atoms with E-state index < -0.39 is 0 Å². The highest BCUT2D eigenvalue weighted by Crippen LogP contribution is 2.31. The summed E-state index contributed by atoms with van der Waals surface area (Å²) in [7, 11) is 0. The van der Waals surface area contributed by atoms with Gasteiger partial charge in [-0.1, -0.05) is 23.7 Å². The van der Waals surface area contributed by atoms with Crippen LogP contribution < -0.4 is 10.2 Å². The van der Waals surface area contributed by atoms with Crippen LogP contribution in [0.5, 0.6) is 0 Å². The van der Waals surface area contributed by atoms with Gasteiger partial charge < -0.3 is 10.2 Å². The average Bonchev–Trinajstić information content (AvgIpc) is 3.34.